The van der Waals surface area contributed by atoms with Crippen molar-refractivity contribution in [1.29, 1.82) is 0 Å². The van der Waals surface area contributed by atoms with E-state index in [0.29, 0.717) is 5.30 Å². The van der Waals surface area contributed by atoms with E-state index in [1.165, 1.54) is 16.2 Å². The highest BCUT2D eigenvalue weighted by molar-refractivity contribution is 8.25. The summed E-state index contributed by atoms with van der Waals surface area (Å²) in [7, 11) is -3.18. The minimum Gasteiger partial charge on any atom is -0.309 e. The Morgan fingerprint density at radius 2 is 0.986 bits per heavy atom. The molecular weight excluding hydrogens is 899 g/mol. The summed E-state index contributed by atoms with van der Waals surface area (Å²) >= 11 is 6.69. The van der Waals surface area contributed by atoms with Crippen LogP contribution in [0.1, 0.15) is 0 Å². The Bertz CT molecular complexity index is 4150. The predicted octanol–water partition coefficient (Wildman–Crippen LogP) is 12.6. The van der Waals surface area contributed by atoms with Crippen LogP contribution in [-0.2, 0) is 16.4 Å². The van der Waals surface area contributed by atoms with Crippen LogP contribution in [0.4, 0.5) is 0 Å². The summed E-state index contributed by atoms with van der Waals surface area (Å²) < 4.78 is 17.5. The molecule has 0 saturated heterocycles. The van der Waals surface area contributed by atoms with Gasteiger partial charge in [0.2, 0.25) is 0 Å². The summed E-state index contributed by atoms with van der Waals surface area (Å²) in [5.74, 6) is 0. The van der Waals surface area contributed by atoms with Gasteiger partial charge < -0.3 is 4.57 Å². The molecule has 13 aromatic rings. The van der Waals surface area contributed by atoms with E-state index in [1.807, 2.05) is 91.1 Å². The number of hydrogen-bond acceptors (Lipinski definition) is 5. The first kappa shape index (κ1) is 41.3. The predicted molar refractivity (Wildman–Crippen MR) is 295 cm³/mol. The number of hydrogen-bond donors (Lipinski definition) is 0. The van der Waals surface area contributed by atoms with E-state index in [0.717, 1.165) is 92.8 Å². The summed E-state index contributed by atoms with van der Waals surface area (Å²) in [4.78, 5) is 15.5. The van der Waals surface area contributed by atoms with Gasteiger partial charge in [0.05, 0.1) is 27.8 Å². The molecule has 0 atom stereocenters. The number of imidazole rings is 1. The van der Waals surface area contributed by atoms with Crippen LogP contribution in [0.15, 0.2) is 243 Å². The molecule has 0 fully saturated rings. The van der Waals surface area contributed by atoms with E-state index in [9.17, 15) is 0 Å². The second-order valence-electron chi connectivity index (χ2n) is 17.5. The van der Waals surface area contributed by atoms with E-state index in [4.69, 9.17) is 26.8 Å². The van der Waals surface area contributed by atoms with E-state index < -0.39 is 13.2 Å². The minimum atomic E-state index is -3.18. The summed E-state index contributed by atoms with van der Waals surface area (Å²) in [5, 5.41) is 12.5. The lowest BCUT2D eigenvalue weighted by molar-refractivity contribution is 0.592. The zero-order chi connectivity index (χ0) is 46.1. The van der Waals surface area contributed by atoms with Gasteiger partial charge >= 0.3 is 0 Å². The maximum Gasteiger partial charge on any atom is 0.172 e. The second-order valence-corrected chi connectivity index (χ2v) is 24.7. The molecule has 4 heterocycles. The monoisotopic (exact) mass is 938 g/mol. The van der Waals surface area contributed by atoms with E-state index >= 15 is 4.57 Å². The van der Waals surface area contributed by atoms with Gasteiger partial charge in [-0.2, -0.15) is 0 Å². The second kappa shape index (κ2) is 16.4. The zero-order valence-electron chi connectivity index (χ0n) is 37.1. The average Bonchev–Trinajstić information content (AvgIpc) is 3.82. The quantitative estimate of drug-likeness (QED) is 0.112. The van der Waals surface area contributed by atoms with Crippen LogP contribution in [-0.4, -0.2) is 19.4 Å². The number of pyridine rings is 3. The fourth-order valence-corrected chi connectivity index (χ4v) is 16.5. The highest BCUT2D eigenvalue weighted by Crippen LogP contribution is 2.45. The van der Waals surface area contributed by atoms with Gasteiger partial charge in [0, 0.05) is 67.0 Å². The van der Waals surface area contributed by atoms with Crippen molar-refractivity contribution in [2.45, 2.75) is 0 Å². The largest absolute Gasteiger partial charge is 0.309 e. The van der Waals surface area contributed by atoms with Crippen molar-refractivity contribution >= 4 is 117 Å². The van der Waals surface area contributed by atoms with Gasteiger partial charge in [-0.1, -0.05) is 194 Å². The molecule has 0 aliphatic heterocycles. The van der Waals surface area contributed by atoms with Crippen molar-refractivity contribution in [1.82, 2.24) is 19.4 Å². The average molecular weight is 939 g/mol. The molecule has 326 valence electrons. The Morgan fingerprint density at radius 1 is 0.391 bits per heavy atom. The molecule has 0 aliphatic rings. The normalized spacial score (nSPS) is 12.2. The van der Waals surface area contributed by atoms with E-state index in [1.54, 1.807) is 6.20 Å². The smallest absolute Gasteiger partial charge is 0.172 e. The molecule has 4 aromatic heterocycles. The van der Waals surface area contributed by atoms with Crippen molar-refractivity contribution in [2.24, 2.45) is 0 Å². The zero-order valence-corrected chi connectivity index (χ0v) is 39.7. The maximum absolute atomic E-state index is 15.1. The summed E-state index contributed by atoms with van der Waals surface area (Å²) in [5.41, 5.74) is 8.50. The van der Waals surface area contributed by atoms with Gasteiger partial charge in [-0.15, -0.1) is 0 Å². The van der Waals surface area contributed by atoms with Crippen molar-refractivity contribution in [3.63, 3.8) is 0 Å². The molecule has 8 heteroatoms. The van der Waals surface area contributed by atoms with Crippen LogP contribution in [0.25, 0.3) is 82.4 Å². The van der Waals surface area contributed by atoms with Crippen LogP contribution in [0.2, 0.25) is 0 Å². The summed E-state index contributed by atoms with van der Waals surface area (Å²) in [6, 6.07) is 77.1. The van der Waals surface area contributed by atoms with Crippen LogP contribution < -0.4 is 31.8 Å². The third kappa shape index (κ3) is 6.71. The van der Waals surface area contributed by atoms with E-state index in [2.05, 4.69) is 150 Å². The highest BCUT2D eigenvalue weighted by Gasteiger charge is 2.30. The summed E-state index contributed by atoms with van der Waals surface area (Å²) in [6.07, 6.45) is 3.78. The molecule has 0 N–H and O–H groups in total. The lowest BCUT2D eigenvalue weighted by atomic mass is 9.96. The van der Waals surface area contributed by atoms with Crippen LogP contribution >= 0.6 is 13.2 Å². The van der Waals surface area contributed by atoms with Gasteiger partial charge in [-0.25, -0.2) is 4.98 Å². The molecular formula is C61H40N4OP2S. The number of fused-ring (bicyclic) bond motifs is 11. The molecule has 0 bridgehead atoms. The number of nitrogens with zero attached hydrogens (tertiary/aromatic N) is 4. The first-order valence-electron chi connectivity index (χ1n) is 22.9. The number of aromatic nitrogens is 4. The molecule has 9 aromatic carbocycles. The standard InChI is InChI=1S/C61H40N4OP2S/c66-67(46-16-5-1-6-17-46,47-18-7-2-8-19-47)51-30-34-55(63-40-51)44-28-33-56-59(37-44)65-58-36-42(27-31-53(58)60-52-24-14-13-15-41(52)26-32-54(60)61(65)64-56)45-35-43-25-29-50(38-57(43)62-39-45)68(69,48-20-9-3-10-21-48)49-22-11-4-12-23-49/h1-40H. The number of rotatable bonds is 8. The Morgan fingerprint density at radius 3 is 1.67 bits per heavy atom. The molecule has 0 spiro atoms. The molecule has 0 amide bonds. The van der Waals surface area contributed by atoms with Crippen LogP contribution in [0.3, 0.4) is 0 Å². The molecule has 69 heavy (non-hydrogen) atoms. The molecule has 0 aliphatic carbocycles. The van der Waals surface area contributed by atoms with Crippen molar-refractivity contribution in [3.8, 4) is 22.4 Å². The van der Waals surface area contributed by atoms with Gasteiger partial charge in [0.15, 0.2) is 7.14 Å². The SMILES string of the molecule is O=P(c1ccccc1)(c1ccccc1)c1ccc(-c2ccc3nc4c5ccc6ccccc6c5c5ccc(-c6cnc7cc(P(=S)(c8ccccc8)c8ccccc8)ccc7c6)cc5n4c3c2)nc1. The Kier molecular flexibility index (Phi) is 9.85. The van der Waals surface area contributed by atoms with Gasteiger partial charge in [-0.3, -0.25) is 14.4 Å². The van der Waals surface area contributed by atoms with Crippen LogP contribution in [0, 0.1) is 0 Å². The van der Waals surface area contributed by atoms with Gasteiger partial charge in [0.1, 0.15) is 5.65 Å². The minimum absolute atomic E-state index is 0.690. The fourth-order valence-electron chi connectivity index (χ4n) is 10.2. The van der Waals surface area contributed by atoms with Crippen LogP contribution in [0.5, 0.6) is 0 Å². The fraction of sp³-hybridized carbons (Fsp3) is 0. The first-order valence-corrected chi connectivity index (χ1v) is 27.5. The Hall–Kier alpha value is -7.85. The maximum atomic E-state index is 15.1. The third-order valence-electron chi connectivity index (χ3n) is 13.6. The Labute approximate surface area is 403 Å². The topological polar surface area (TPSA) is 60.2 Å². The lowest BCUT2D eigenvalue weighted by Gasteiger charge is -2.24. The molecule has 5 nitrogen and oxygen atoms in total. The third-order valence-corrected chi connectivity index (χ3v) is 21.6. The molecule has 13 rings (SSSR count). The highest BCUT2D eigenvalue weighted by atomic mass is 32.4. The molecule has 0 radical (unpaired) electrons. The molecule has 0 unspecified atom stereocenters. The van der Waals surface area contributed by atoms with Gasteiger partial charge in [-0.05, 0) is 80.8 Å². The van der Waals surface area contributed by atoms with Crippen molar-refractivity contribution in [2.75, 3.05) is 0 Å². The molecule has 0 saturated carbocycles. The summed E-state index contributed by atoms with van der Waals surface area (Å²) in [6.45, 7) is 0. The van der Waals surface area contributed by atoms with E-state index in [-0.39, 0.29) is 0 Å². The van der Waals surface area contributed by atoms with Crippen molar-refractivity contribution < 1.29 is 4.57 Å². The lowest BCUT2D eigenvalue weighted by Crippen LogP contribution is -2.25. The number of benzene rings is 9. The first-order chi connectivity index (χ1) is 33.9. The Balaban J connectivity index is 0.960. The van der Waals surface area contributed by atoms with Crippen molar-refractivity contribution in [3.05, 3.63) is 243 Å². The van der Waals surface area contributed by atoms with Gasteiger partial charge in [0.25, 0.3) is 0 Å².